The first-order valence-electron chi connectivity index (χ1n) is 4.11. The smallest absolute Gasteiger partial charge is 0.336 e. The summed E-state index contributed by atoms with van der Waals surface area (Å²) >= 11 is 2.02. The summed E-state index contributed by atoms with van der Waals surface area (Å²) in [5.74, 6) is -0.603. The van der Waals surface area contributed by atoms with E-state index in [-0.39, 0.29) is 3.92 Å². The van der Waals surface area contributed by atoms with Crippen LogP contribution in [0.2, 0.25) is 0 Å². The molecule has 0 saturated heterocycles. The average Bonchev–Trinajstić information content (AvgIpc) is 2.27. The second-order valence-corrected chi connectivity index (χ2v) is 4.12. The van der Waals surface area contributed by atoms with Gasteiger partial charge in [-0.1, -0.05) is 52.9 Å². The fourth-order valence-electron chi connectivity index (χ4n) is 1.06. The normalized spacial score (nSPS) is 14.5. The van der Waals surface area contributed by atoms with Gasteiger partial charge in [-0.15, -0.1) is 0 Å². The Balaban J connectivity index is 2.75. The number of benzene rings is 1. The van der Waals surface area contributed by atoms with Crippen molar-refractivity contribution in [2.75, 3.05) is 7.11 Å². The number of alkyl halides is 1. The van der Waals surface area contributed by atoms with Gasteiger partial charge in [0, 0.05) is 0 Å². The number of carbonyl (C=O) groups excluding carboxylic acids is 1. The molecule has 0 radical (unpaired) electrons. The summed E-state index contributed by atoms with van der Waals surface area (Å²) in [6.07, 6.45) is -1.11. The molecular formula is C10H11IO3. The SMILES string of the molecule is COC(=O)[C@@H](O)[C@@H](I)c1ccccc1. The third-order valence-electron chi connectivity index (χ3n) is 1.84. The molecule has 0 unspecified atom stereocenters. The summed E-state index contributed by atoms with van der Waals surface area (Å²) in [6.45, 7) is 0. The van der Waals surface area contributed by atoms with Gasteiger partial charge in [-0.2, -0.15) is 0 Å². The van der Waals surface area contributed by atoms with Crippen molar-refractivity contribution in [3.8, 4) is 0 Å². The molecule has 1 N–H and O–H groups in total. The third-order valence-corrected chi connectivity index (χ3v) is 3.24. The minimum absolute atomic E-state index is 0.277. The zero-order valence-corrected chi connectivity index (χ0v) is 9.84. The number of aliphatic hydroxyl groups excluding tert-OH is 1. The molecule has 3 nitrogen and oxygen atoms in total. The lowest BCUT2D eigenvalue weighted by Crippen LogP contribution is -2.25. The van der Waals surface area contributed by atoms with Crippen LogP contribution in [0.5, 0.6) is 0 Å². The molecule has 0 amide bonds. The van der Waals surface area contributed by atoms with E-state index < -0.39 is 12.1 Å². The summed E-state index contributed by atoms with van der Waals surface area (Å²) in [7, 11) is 1.26. The van der Waals surface area contributed by atoms with Crippen molar-refractivity contribution in [2.24, 2.45) is 0 Å². The van der Waals surface area contributed by atoms with Gasteiger partial charge in [-0.25, -0.2) is 4.79 Å². The maximum absolute atomic E-state index is 11.0. The van der Waals surface area contributed by atoms with Crippen molar-refractivity contribution in [1.29, 1.82) is 0 Å². The van der Waals surface area contributed by atoms with E-state index in [2.05, 4.69) is 4.74 Å². The molecule has 0 aromatic heterocycles. The molecule has 0 spiro atoms. The molecule has 0 aliphatic rings. The molecule has 1 aromatic rings. The van der Waals surface area contributed by atoms with Gasteiger partial charge in [0.05, 0.1) is 11.0 Å². The van der Waals surface area contributed by atoms with Gasteiger partial charge >= 0.3 is 5.97 Å². The van der Waals surface area contributed by atoms with E-state index in [0.29, 0.717) is 0 Å². The highest BCUT2D eigenvalue weighted by atomic mass is 127. The van der Waals surface area contributed by atoms with Gasteiger partial charge in [0.2, 0.25) is 0 Å². The van der Waals surface area contributed by atoms with Crippen LogP contribution in [0.1, 0.15) is 9.49 Å². The molecule has 2 atom stereocenters. The van der Waals surface area contributed by atoms with Crippen LogP contribution < -0.4 is 0 Å². The summed E-state index contributed by atoms with van der Waals surface area (Å²) in [5.41, 5.74) is 0.908. The first-order chi connectivity index (χ1) is 6.66. The largest absolute Gasteiger partial charge is 0.467 e. The van der Waals surface area contributed by atoms with Crippen LogP contribution in [0.3, 0.4) is 0 Å². The van der Waals surface area contributed by atoms with Crippen LogP contribution in [0, 0.1) is 0 Å². The Morgan fingerprint density at radius 2 is 2.00 bits per heavy atom. The van der Waals surface area contributed by atoms with Crippen LogP contribution in [-0.4, -0.2) is 24.3 Å². The zero-order chi connectivity index (χ0) is 10.6. The maximum atomic E-state index is 11.0. The second kappa shape index (κ2) is 5.31. The van der Waals surface area contributed by atoms with E-state index in [1.807, 2.05) is 52.9 Å². The van der Waals surface area contributed by atoms with Gasteiger partial charge in [0.1, 0.15) is 0 Å². The van der Waals surface area contributed by atoms with Crippen molar-refractivity contribution in [3.63, 3.8) is 0 Å². The van der Waals surface area contributed by atoms with Crippen molar-refractivity contribution in [2.45, 2.75) is 10.0 Å². The minimum atomic E-state index is -1.11. The minimum Gasteiger partial charge on any atom is -0.467 e. The molecule has 76 valence electrons. The topological polar surface area (TPSA) is 46.5 Å². The quantitative estimate of drug-likeness (QED) is 0.525. The lowest BCUT2D eigenvalue weighted by Gasteiger charge is -2.15. The molecule has 0 bridgehead atoms. The van der Waals surface area contributed by atoms with Crippen molar-refractivity contribution < 1.29 is 14.6 Å². The Kier molecular flexibility index (Phi) is 4.34. The zero-order valence-electron chi connectivity index (χ0n) is 7.68. The number of aliphatic hydroxyl groups is 1. The van der Waals surface area contributed by atoms with E-state index in [1.54, 1.807) is 0 Å². The molecule has 0 heterocycles. The monoisotopic (exact) mass is 306 g/mol. The highest BCUT2D eigenvalue weighted by Crippen LogP contribution is 2.27. The van der Waals surface area contributed by atoms with Crippen LogP contribution >= 0.6 is 22.6 Å². The maximum Gasteiger partial charge on any atom is 0.336 e. The highest BCUT2D eigenvalue weighted by Gasteiger charge is 2.25. The lowest BCUT2D eigenvalue weighted by molar-refractivity contribution is -0.150. The number of halogens is 1. The predicted octanol–water partition coefficient (Wildman–Crippen LogP) is 1.70. The molecule has 0 fully saturated rings. The third kappa shape index (κ3) is 2.68. The van der Waals surface area contributed by atoms with Crippen molar-refractivity contribution >= 4 is 28.6 Å². The fraction of sp³-hybridized carbons (Fsp3) is 0.300. The van der Waals surface area contributed by atoms with Gasteiger partial charge in [-0.3, -0.25) is 0 Å². The van der Waals surface area contributed by atoms with Crippen LogP contribution in [0.4, 0.5) is 0 Å². The molecule has 0 aliphatic heterocycles. The van der Waals surface area contributed by atoms with E-state index in [0.717, 1.165) is 5.56 Å². The number of hydrogen-bond donors (Lipinski definition) is 1. The van der Waals surface area contributed by atoms with Crippen molar-refractivity contribution in [3.05, 3.63) is 35.9 Å². The van der Waals surface area contributed by atoms with E-state index in [1.165, 1.54) is 7.11 Å². The van der Waals surface area contributed by atoms with Crippen molar-refractivity contribution in [1.82, 2.24) is 0 Å². The van der Waals surface area contributed by atoms with E-state index >= 15 is 0 Å². The lowest BCUT2D eigenvalue weighted by atomic mass is 10.1. The number of methoxy groups -OCH3 is 1. The fourth-order valence-corrected chi connectivity index (χ4v) is 1.77. The van der Waals surface area contributed by atoms with Gasteiger partial charge < -0.3 is 9.84 Å². The first kappa shape index (κ1) is 11.5. The summed E-state index contributed by atoms with van der Waals surface area (Å²) in [6, 6.07) is 9.35. The average molecular weight is 306 g/mol. The van der Waals surface area contributed by atoms with Gasteiger partial charge in [-0.05, 0) is 5.56 Å². The van der Waals surface area contributed by atoms with Gasteiger partial charge in [0.25, 0.3) is 0 Å². The summed E-state index contributed by atoms with van der Waals surface area (Å²) < 4.78 is 4.18. The predicted molar refractivity (Wildman–Crippen MR) is 61.2 cm³/mol. The van der Waals surface area contributed by atoms with E-state index in [4.69, 9.17) is 0 Å². The Labute approximate surface area is 96.2 Å². The van der Waals surface area contributed by atoms with Crippen LogP contribution in [-0.2, 0) is 9.53 Å². The number of rotatable bonds is 3. The first-order valence-corrected chi connectivity index (χ1v) is 5.36. The number of ether oxygens (including phenoxy) is 1. The Hall–Kier alpha value is -0.620. The summed E-state index contributed by atoms with van der Waals surface area (Å²) in [4.78, 5) is 11.0. The number of carbonyl (C=O) groups is 1. The number of hydrogen-bond acceptors (Lipinski definition) is 3. The summed E-state index contributed by atoms with van der Waals surface area (Å²) in [5, 5.41) is 9.56. The molecule has 4 heteroatoms. The second-order valence-electron chi connectivity index (χ2n) is 2.78. The molecular weight excluding hydrogens is 295 g/mol. The van der Waals surface area contributed by atoms with E-state index in [9.17, 15) is 9.90 Å². The van der Waals surface area contributed by atoms with Crippen LogP contribution in [0.15, 0.2) is 30.3 Å². The Bertz CT molecular complexity index is 299. The molecule has 0 saturated carbocycles. The molecule has 1 rings (SSSR count). The highest BCUT2D eigenvalue weighted by molar-refractivity contribution is 14.1. The van der Waals surface area contributed by atoms with Gasteiger partial charge in [0.15, 0.2) is 6.10 Å². The standard InChI is InChI=1S/C10H11IO3/c1-14-10(13)9(12)8(11)7-5-3-2-4-6-7/h2-6,8-9,12H,1H3/t8-,9-/m0/s1. The number of esters is 1. The van der Waals surface area contributed by atoms with Crippen LogP contribution in [0.25, 0.3) is 0 Å². The molecule has 1 aromatic carbocycles. The molecule has 0 aliphatic carbocycles. The Morgan fingerprint density at radius 3 is 2.50 bits per heavy atom. The Morgan fingerprint density at radius 1 is 1.43 bits per heavy atom. The molecule has 14 heavy (non-hydrogen) atoms.